The molecule has 2 aromatic carbocycles. The number of nitrogens with zero attached hydrogens (tertiary/aromatic N) is 1. The van der Waals surface area contributed by atoms with Crippen molar-refractivity contribution in [3.8, 4) is 0 Å². The van der Waals surface area contributed by atoms with Crippen LogP contribution >= 0.6 is 15.9 Å². The second-order valence-corrected chi connectivity index (χ2v) is 8.37. The first-order valence-corrected chi connectivity index (χ1v) is 10.7. The molecule has 0 radical (unpaired) electrons. The number of hydrogen-bond acceptors (Lipinski definition) is 4. The van der Waals surface area contributed by atoms with Gasteiger partial charge in [0, 0.05) is 28.8 Å². The summed E-state index contributed by atoms with van der Waals surface area (Å²) in [6.07, 6.45) is 0.842. The van der Waals surface area contributed by atoms with Crippen LogP contribution in [0.5, 0.6) is 0 Å². The minimum absolute atomic E-state index is 0.0839. The molecular weight excluding hydrogens is 448 g/mol. The number of anilines is 2. The Morgan fingerprint density at radius 1 is 1.20 bits per heavy atom. The molecule has 0 bridgehead atoms. The SMILES string of the molecule is CCc1cc(Br)cc(C)c1NC(=O)COC(=O)C1CC(=O)N(c2ccccc2C)C1. The van der Waals surface area contributed by atoms with Crippen LogP contribution in [0, 0.1) is 19.8 Å². The Balaban J connectivity index is 1.58. The molecule has 1 aliphatic heterocycles. The first kappa shape index (κ1) is 22.0. The molecule has 0 aromatic heterocycles. The zero-order valence-electron chi connectivity index (χ0n) is 17.3. The number of para-hydroxylation sites is 1. The van der Waals surface area contributed by atoms with Crippen molar-refractivity contribution in [1.29, 1.82) is 0 Å². The van der Waals surface area contributed by atoms with Crippen molar-refractivity contribution in [2.75, 3.05) is 23.4 Å². The lowest BCUT2D eigenvalue weighted by molar-refractivity contribution is -0.151. The largest absolute Gasteiger partial charge is 0.455 e. The van der Waals surface area contributed by atoms with Crippen LogP contribution < -0.4 is 10.2 Å². The van der Waals surface area contributed by atoms with Gasteiger partial charge in [0.05, 0.1) is 5.92 Å². The maximum absolute atomic E-state index is 12.5. The van der Waals surface area contributed by atoms with E-state index in [-0.39, 0.29) is 25.5 Å². The zero-order chi connectivity index (χ0) is 21.8. The summed E-state index contributed by atoms with van der Waals surface area (Å²) < 4.78 is 6.17. The van der Waals surface area contributed by atoms with Crippen LogP contribution in [0.25, 0.3) is 0 Å². The normalized spacial score (nSPS) is 15.9. The molecule has 3 rings (SSSR count). The van der Waals surface area contributed by atoms with Crippen molar-refractivity contribution in [1.82, 2.24) is 0 Å². The second kappa shape index (κ2) is 9.43. The molecule has 2 amide bonds. The molecule has 1 aliphatic rings. The van der Waals surface area contributed by atoms with E-state index in [1.807, 2.05) is 57.2 Å². The minimum atomic E-state index is -0.578. The van der Waals surface area contributed by atoms with Gasteiger partial charge in [-0.3, -0.25) is 14.4 Å². The van der Waals surface area contributed by atoms with Crippen molar-refractivity contribution >= 4 is 45.1 Å². The standard InChI is InChI=1S/C23H25BrN2O4/c1-4-16-10-18(24)9-15(3)22(16)25-20(27)13-30-23(29)17-11-21(28)26(12-17)19-8-6-5-7-14(19)2/h5-10,17H,4,11-13H2,1-3H3,(H,25,27). The monoisotopic (exact) mass is 472 g/mol. The van der Waals surface area contributed by atoms with Crippen LogP contribution in [-0.2, 0) is 25.5 Å². The molecule has 1 saturated heterocycles. The maximum atomic E-state index is 12.5. The number of benzene rings is 2. The highest BCUT2D eigenvalue weighted by Crippen LogP contribution is 2.29. The lowest BCUT2D eigenvalue weighted by Gasteiger charge is -2.18. The number of amides is 2. The number of halogens is 1. The van der Waals surface area contributed by atoms with Crippen molar-refractivity contribution in [2.24, 2.45) is 5.92 Å². The highest BCUT2D eigenvalue weighted by atomic mass is 79.9. The molecule has 0 saturated carbocycles. The molecule has 0 aliphatic carbocycles. The fraction of sp³-hybridized carbons (Fsp3) is 0.348. The van der Waals surface area contributed by atoms with Gasteiger partial charge in [-0.2, -0.15) is 0 Å². The summed E-state index contributed by atoms with van der Waals surface area (Å²) in [6.45, 7) is 5.72. The Kier molecular flexibility index (Phi) is 6.92. The van der Waals surface area contributed by atoms with E-state index in [0.29, 0.717) is 0 Å². The Hall–Kier alpha value is -2.67. The van der Waals surface area contributed by atoms with E-state index in [0.717, 1.165) is 39.0 Å². The summed E-state index contributed by atoms with van der Waals surface area (Å²) in [5.41, 5.74) is 4.43. The third-order valence-electron chi connectivity index (χ3n) is 5.24. The third kappa shape index (κ3) is 4.90. The Morgan fingerprint density at radius 3 is 2.63 bits per heavy atom. The molecule has 1 atom stereocenters. The lowest BCUT2D eigenvalue weighted by Crippen LogP contribution is -2.28. The van der Waals surface area contributed by atoms with Crippen LogP contribution in [0.15, 0.2) is 40.9 Å². The van der Waals surface area contributed by atoms with E-state index in [4.69, 9.17) is 4.74 Å². The number of nitrogens with one attached hydrogen (secondary N) is 1. The number of aryl methyl sites for hydroxylation is 3. The number of esters is 1. The van der Waals surface area contributed by atoms with Crippen molar-refractivity contribution in [3.05, 3.63) is 57.6 Å². The van der Waals surface area contributed by atoms with Crippen molar-refractivity contribution < 1.29 is 19.1 Å². The smallest absolute Gasteiger partial charge is 0.311 e. The van der Waals surface area contributed by atoms with Gasteiger partial charge >= 0.3 is 5.97 Å². The van der Waals surface area contributed by atoms with Gasteiger partial charge in [0.25, 0.3) is 5.91 Å². The molecular formula is C23H25BrN2O4. The van der Waals surface area contributed by atoms with E-state index >= 15 is 0 Å². The fourth-order valence-corrected chi connectivity index (χ4v) is 4.28. The van der Waals surface area contributed by atoms with E-state index in [1.165, 1.54) is 0 Å². The fourth-order valence-electron chi connectivity index (χ4n) is 3.66. The second-order valence-electron chi connectivity index (χ2n) is 7.46. The van der Waals surface area contributed by atoms with Crippen molar-refractivity contribution in [2.45, 2.75) is 33.6 Å². The molecule has 2 aromatic rings. The molecule has 1 N–H and O–H groups in total. The third-order valence-corrected chi connectivity index (χ3v) is 5.70. The van der Waals surface area contributed by atoms with Crippen LogP contribution in [0.4, 0.5) is 11.4 Å². The summed E-state index contributed by atoms with van der Waals surface area (Å²) in [5, 5.41) is 2.84. The molecule has 158 valence electrons. The van der Waals surface area contributed by atoms with E-state index in [2.05, 4.69) is 21.2 Å². The molecule has 1 unspecified atom stereocenters. The van der Waals surface area contributed by atoms with Crippen LogP contribution in [0.1, 0.15) is 30.0 Å². The Morgan fingerprint density at radius 2 is 1.93 bits per heavy atom. The predicted octanol–water partition coefficient (Wildman–Crippen LogP) is 4.16. The van der Waals surface area contributed by atoms with Gasteiger partial charge in [0.15, 0.2) is 6.61 Å². The molecule has 1 fully saturated rings. The van der Waals surface area contributed by atoms with E-state index in [1.54, 1.807) is 4.90 Å². The summed E-state index contributed by atoms with van der Waals surface area (Å²) in [5.74, 6) is -1.62. The number of carbonyl (C=O) groups is 3. The Labute approximate surface area is 184 Å². The highest BCUT2D eigenvalue weighted by Gasteiger charge is 2.36. The van der Waals surface area contributed by atoms with Crippen LogP contribution in [0.2, 0.25) is 0 Å². The quantitative estimate of drug-likeness (QED) is 0.640. The maximum Gasteiger partial charge on any atom is 0.311 e. The molecule has 0 spiro atoms. The van der Waals surface area contributed by atoms with Gasteiger partial charge in [-0.25, -0.2) is 0 Å². The van der Waals surface area contributed by atoms with Gasteiger partial charge in [0.2, 0.25) is 5.91 Å². The summed E-state index contributed by atoms with van der Waals surface area (Å²) in [7, 11) is 0. The van der Waals surface area contributed by atoms with Gasteiger partial charge in [-0.1, -0.05) is 41.1 Å². The molecule has 6 nitrogen and oxygen atoms in total. The van der Waals surface area contributed by atoms with Crippen LogP contribution in [-0.4, -0.2) is 30.9 Å². The van der Waals surface area contributed by atoms with Gasteiger partial charge < -0.3 is 15.0 Å². The molecule has 1 heterocycles. The highest BCUT2D eigenvalue weighted by molar-refractivity contribution is 9.10. The van der Waals surface area contributed by atoms with Gasteiger partial charge in [-0.15, -0.1) is 0 Å². The average Bonchev–Trinajstić information content (AvgIpc) is 3.09. The van der Waals surface area contributed by atoms with E-state index < -0.39 is 17.8 Å². The summed E-state index contributed by atoms with van der Waals surface area (Å²) >= 11 is 3.46. The molecule has 30 heavy (non-hydrogen) atoms. The number of carbonyl (C=O) groups excluding carboxylic acids is 3. The summed E-state index contributed by atoms with van der Waals surface area (Å²) in [4.78, 5) is 38.8. The number of hydrogen-bond donors (Lipinski definition) is 1. The zero-order valence-corrected chi connectivity index (χ0v) is 18.9. The first-order chi connectivity index (χ1) is 14.3. The van der Waals surface area contributed by atoms with Gasteiger partial charge in [-0.05, 0) is 55.2 Å². The summed E-state index contributed by atoms with van der Waals surface area (Å²) in [6, 6.07) is 11.4. The predicted molar refractivity (Wildman–Crippen MR) is 119 cm³/mol. The van der Waals surface area contributed by atoms with E-state index in [9.17, 15) is 14.4 Å². The lowest BCUT2D eigenvalue weighted by atomic mass is 10.1. The Bertz CT molecular complexity index is 989. The van der Waals surface area contributed by atoms with Gasteiger partial charge in [0.1, 0.15) is 0 Å². The molecule has 7 heteroatoms. The topological polar surface area (TPSA) is 75.7 Å². The minimum Gasteiger partial charge on any atom is -0.455 e. The average molecular weight is 473 g/mol. The van der Waals surface area contributed by atoms with Crippen LogP contribution in [0.3, 0.4) is 0 Å². The number of ether oxygens (including phenoxy) is 1. The number of rotatable bonds is 6. The van der Waals surface area contributed by atoms with Crippen molar-refractivity contribution in [3.63, 3.8) is 0 Å². The first-order valence-electron chi connectivity index (χ1n) is 9.91.